The van der Waals surface area contributed by atoms with Gasteiger partial charge in [-0.1, -0.05) is 164 Å². The summed E-state index contributed by atoms with van der Waals surface area (Å²) in [5.74, 6) is 0. The second kappa shape index (κ2) is 15.1. The summed E-state index contributed by atoms with van der Waals surface area (Å²) >= 11 is 0. The summed E-state index contributed by atoms with van der Waals surface area (Å²) in [6, 6.07) is 85.3. The topological polar surface area (TPSA) is 16.1 Å². The Kier molecular flexibility index (Phi) is 8.39. The van der Waals surface area contributed by atoms with Crippen LogP contribution in [-0.4, -0.2) is 20.9 Å². The van der Waals surface area contributed by atoms with Crippen molar-refractivity contribution in [2.45, 2.75) is 6.04 Å². The van der Waals surface area contributed by atoms with Gasteiger partial charge < -0.3 is 14.0 Å². The molecular formula is C66H43N4+. The van der Waals surface area contributed by atoms with E-state index < -0.39 is 0 Å². The van der Waals surface area contributed by atoms with Crippen molar-refractivity contribution in [3.63, 3.8) is 0 Å². The lowest BCUT2D eigenvalue weighted by Crippen LogP contribution is -2.44. The van der Waals surface area contributed by atoms with Crippen LogP contribution in [0.1, 0.15) is 0 Å². The summed E-state index contributed by atoms with van der Waals surface area (Å²) in [5, 5.41) is 14.7. The number of allylic oxidation sites excluding steroid dienone is 2. The molecule has 70 heavy (non-hydrogen) atoms. The molecule has 0 bridgehead atoms. The van der Waals surface area contributed by atoms with Crippen molar-refractivity contribution in [1.82, 2.24) is 13.7 Å². The van der Waals surface area contributed by atoms with Gasteiger partial charge in [0.05, 0.1) is 22.1 Å². The molecule has 1 aliphatic heterocycles. The number of nitrogens with zero attached hydrogens (tertiary/aromatic N) is 4. The van der Waals surface area contributed by atoms with Gasteiger partial charge in [-0.3, -0.25) is 0 Å². The van der Waals surface area contributed by atoms with Crippen molar-refractivity contribution in [1.29, 1.82) is 0 Å². The number of fused-ring (bicyclic) bond motifs is 12. The predicted molar refractivity (Wildman–Crippen MR) is 289 cm³/mol. The maximum absolute atomic E-state index is 2.53. The third-order valence-corrected chi connectivity index (χ3v) is 14.9. The number of aromatic nitrogens is 2. The Morgan fingerprint density at radius 3 is 1.44 bits per heavy atom. The molecule has 2 aromatic heterocycles. The van der Waals surface area contributed by atoms with Crippen LogP contribution in [0.3, 0.4) is 0 Å². The molecule has 0 saturated heterocycles. The van der Waals surface area contributed by atoms with Gasteiger partial charge in [0.2, 0.25) is 17.1 Å². The summed E-state index contributed by atoms with van der Waals surface area (Å²) in [5.41, 5.74) is 12.8. The highest BCUT2D eigenvalue weighted by Gasteiger charge is 2.40. The fraction of sp³-hybridized carbons (Fsp3) is 0.0152. The molecule has 0 radical (unpaired) electrons. The lowest BCUT2D eigenvalue weighted by molar-refractivity contribution is 0.894. The van der Waals surface area contributed by atoms with Crippen LogP contribution >= 0.6 is 0 Å². The lowest BCUT2D eigenvalue weighted by Gasteiger charge is -2.35. The van der Waals surface area contributed by atoms with Gasteiger partial charge in [-0.05, 0) is 108 Å². The van der Waals surface area contributed by atoms with E-state index in [-0.39, 0.29) is 6.04 Å². The van der Waals surface area contributed by atoms with Crippen LogP contribution < -0.4 is 9.48 Å². The van der Waals surface area contributed by atoms with Gasteiger partial charge in [0.15, 0.2) is 0 Å². The van der Waals surface area contributed by atoms with Crippen molar-refractivity contribution in [2.75, 3.05) is 4.90 Å². The molecule has 1 unspecified atom stereocenters. The van der Waals surface area contributed by atoms with Crippen LogP contribution in [0.2, 0.25) is 0 Å². The Morgan fingerprint density at radius 2 is 0.800 bits per heavy atom. The highest BCUT2D eigenvalue weighted by molar-refractivity contribution is 6.13. The molecule has 10 aromatic carbocycles. The van der Waals surface area contributed by atoms with Gasteiger partial charge in [-0.15, -0.1) is 0 Å². The first kappa shape index (κ1) is 38.8. The minimum absolute atomic E-state index is 0.0210. The fourth-order valence-electron chi connectivity index (χ4n) is 12.0. The molecule has 15 rings (SSSR count). The predicted octanol–water partition coefficient (Wildman–Crippen LogP) is 15.3. The van der Waals surface area contributed by atoms with Crippen LogP contribution in [0.4, 0.5) is 22.7 Å². The van der Waals surface area contributed by atoms with Crippen molar-refractivity contribution in [3.05, 3.63) is 297 Å². The number of rotatable bonds is 4. The zero-order valence-corrected chi connectivity index (χ0v) is 38.1. The van der Waals surface area contributed by atoms with Crippen molar-refractivity contribution < 1.29 is 0 Å². The van der Waals surface area contributed by atoms with Crippen molar-refractivity contribution in [3.8, 4) is 11.4 Å². The van der Waals surface area contributed by atoms with E-state index in [0.29, 0.717) is 0 Å². The average Bonchev–Trinajstić information content (AvgIpc) is 3.95. The van der Waals surface area contributed by atoms with Gasteiger partial charge in [-0.25, -0.2) is 0 Å². The molecule has 0 N–H and O–H groups in total. The van der Waals surface area contributed by atoms with Gasteiger partial charge in [-0.2, -0.15) is 4.58 Å². The zero-order chi connectivity index (χ0) is 45.9. The van der Waals surface area contributed by atoms with E-state index in [1.54, 1.807) is 0 Å². The maximum atomic E-state index is 2.53. The summed E-state index contributed by atoms with van der Waals surface area (Å²) < 4.78 is 7.37. The van der Waals surface area contributed by atoms with E-state index in [2.05, 4.69) is 273 Å². The number of anilines is 2. The van der Waals surface area contributed by atoms with E-state index in [1.165, 1.54) is 91.1 Å². The highest BCUT2D eigenvalue weighted by Crippen LogP contribution is 2.44. The maximum Gasteiger partial charge on any atom is 0.235 e. The quantitative estimate of drug-likeness (QED) is 0.161. The lowest BCUT2D eigenvalue weighted by atomic mass is 9.95. The van der Waals surface area contributed by atoms with E-state index in [1.807, 2.05) is 0 Å². The third kappa shape index (κ3) is 5.62. The van der Waals surface area contributed by atoms with Gasteiger partial charge in [0.1, 0.15) is 11.7 Å². The minimum atomic E-state index is -0.0210. The molecule has 3 heterocycles. The summed E-state index contributed by atoms with van der Waals surface area (Å²) in [6.45, 7) is 0. The Labute approximate surface area is 402 Å². The van der Waals surface area contributed by atoms with E-state index in [4.69, 9.17) is 0 Å². The van der Waals surface area contributed by atoms with Crippen LogP contribution in [-0.2, 0) is 0 Å². The number of benzene rings is 10. The smallest absolute Gasteiger partial charge is 0.235 e. The van der Waals surface area contributed by atoms with Gasteiger partial charge in [0, 0.05) is 62.9 Å². The van der Waals surface area contributed by atoms with Crippen LogP contribution in [0.15, 0.2) is 255 Å². The first-order valence-electron chi connectivity index (χ1n) is 24.2. The summed E-state index contributed by atoms with van der Waals surface area (Å²) in [6.07, 6.45) is 8.98. The van der Waals surface area contributed by atoms with Gasteiger partial charge in [0.25, 0.3) is 0 Å². The average molecular weight is 892 g/mol. The van der Waals surface area contributed by atoms with Crippen LogP contribution in [0.25, 0.3) is 55.0 Å². The monoisotopic (exact) mass is 891 g/mol. The molecule has 1 atom stereocenters. The molecule has 0 fully saturated rings. The summed E-state index contributed by atoms with van der Waals surface area (Å²) in [4.78, 5) is 2.53. The highest BCUT2D eigenvalue weighted by atomic mass is 15.2. The number of hydrogen-bond donors (Lipinski definition) is 0. The third-order valence-electron chi connectivity index (χ3n) is 14.9. The molecule has 4 nitrogen and oxygen atoms in total. The first-order valence-corrected chi connectivity index (χ1v) is 24.2. The summed E-state index contributed by atoms with van der Waals surface area (Å²) in [7, 11) is 0. The largest absolute Gasteiger partial charge is 0.319 e. The zero-order valence-electron chi connectivity index (χ0n) is 38.1. The fourth-order valence-corrected chi connectivity index (χ4v) is 12.0. The van der Waals surface area contributed by atoms with E-state index in [9.17, 15) is 0 Å². The second-order valence-electron chi connectivity index (χ2n) is 18.6. The van der Waals surface area contributed by atoms with Crippen molar-refractivity contribution >= 4 is 72.1 Å². The minimum Gasteiger partial charge on any atom is -0.319 e. The Balaban J connectivity index is 1.06. The van der Waals surface area contributed by atoms with E-state index >= 15 is 0 Å². The molecule has 4 heteroatoms. The molecule has 0 spiro atoms. The Bertz CT molecular complexity index is 4660. The number of hydrogen-bond acceptors (Lipinski definition) is 1. The SMILES string of the molecule is C1=CC2=[N+](c3ccccc3)c3cc4c(cc3N(c3ccccc3)C2C=C1)=c1ccc(-n2c3ccccc3c3cc(-n5c6ccccc6c6ccccc65)ccc32)cc1=c1ccccc1=c1ccccc1=4. The standard InChI is InChI=1S/C66H43N4/c1-3-19-43(20-4-1)67-63-33-17-18-34-64(63)68(44-21-5-2-6-22-44)66-42-57-51-37-35-45(39-55(51)49-25-9-7-23-47(49)48-24-8-10-26-50(48)56(57)41-65(66)67)70-61-32-16-13-29-54(61)58-40-46(36-38-62(58)70)69-59-30-14-11-27-52(59)53-28-12-15-31-60(53)69/h1-42,64H/q+1. The van der Waals surface area contributed by atoms with Gasteiger partial charge >= 0.3 is 0 Å². The molecular weight excluding hydrogens is 849 g/mol. The molecule has 0 amide bonds. The van der Waals surface area contributed by atoms with Crippen molar-refractivity contribution in [2.24, 2.45) is 0 Å². The molecule has 0 saturated carbocycles. The van der Waals surface area contributed by atoms with E-state index in [0.717, 1.165) is 34.1 Å². The second-order valence-corrected chi connectivity index (χ2v) is 18.6. The van der Waals surface area contributed by atoms with Crippen LogP contribution in [0, 0.1) is 41.7 Å². The molecule has 3 aliphatic rings. The van der Waals surface area contributed by atoms with Crippen LogP contribution in [0.5, 0.6) is 0 Å². The number of para-hydroxylation sites is 5. The first-order chi connectivity index (χ1) is 34.8. The molecule has 12 aromatic rings. The molecule has 2 aliphatic carbocycles. The Hall–Kier alpha value is -9.25. The normalized spacial score (nSPS) is 14.5. The molecule has 326 valence electrons. The Morgan fingerprint density at radius 1 is 0.329 bits per heavy atom.